The Morgan fingerprint density at radius 2 is 1.95 bits per heavy atom. The van der Waals surface area contributed by atoms with Gasteiger partial charge in [-0.3, -0.25) is 4.98 Å². The first-order chi connectivity index (χ1) is 9.79. The Hall–Kier alpha value is -0.780. The topological polar surface area (TPSA) is 12.9 Å². The van der Waals surface area contributed by atoms with Crippen LogP contribution < -0.4 is 0 Å². The molecule has 0 fully saturated rings. The summed E-state index contributed by atoms with van der Waals surface area (Å²) in [7, 11) is 0. The molecule has 0 aliphatic heterocycles. The molecular formula is C14H9BrCl2F3N. The summed E-state index contributed by atoms with van der Waals surface area (Å²) in [5, 5.41) is -0.171. The molecule has 1 heterocycles. The second kappa shape index (κ2) is 6.55. The largest absolute Gasteiger partial charge is 0.417 e. The fourth-order valence-corrected chi connectivity index (χ4v) is 2.81. The van der Waals surface area contributed by atoms with Gasteiger partial charge in [0.1, 0.15) is 0 Å². The van der Waals surface area contributed by atoms with E-state index >= 15 is 0 Å². The summed E-state index contributed by atoms with van der Waals surface area (Å²) < 4.78 is 38.6. The van der Waals surface area contributed by atoms with Crippen LogP contribution in [0.5, 0.6) is 0 Å². The summed E-state index contributed by atoms with van der Waals surface area (Å²) >= 11 is 15.1. The Morgan fingerprint density at radius 3 is 2.57 bits per heavy atom. The lowest BCUT2D eigenvalue weighted by Gasteiger charge is -2.15. The zero-order valence-corrected chi connectivity index (χ0v) is 13.6. The lowest BCUT2D eigenvalue weighted by Crippen LogP contribution is -2.08. The molecule has 0 amide bonds. The number of pyridine rings is 1. The van der Waals surface area contributed by atoms with E-state index in [9.17, 15) is 13.2 Å². The standard InChI is InChI=1S/C14H9BrCl2F3N/c15-11-2-1-8(5-10(11)14(18,19)20)12(16)6-9-3-4-21-7-13(9)17/h1-5,7,12H,6H2. The molecule has 0 aliphatic carbocycles. The molecular weight excluding hydrogens is 390 g/mol. The lowest BCUT2D eigenvalue weighted by molar-refractivity contribution is -0.138. The molecule has 1 unspecified atom stereocenters. The molecule has 0 saturated carbocycles. The minimum atomic E-state index is -4.43. The van der Waals surface area contributed by atoms with Crippen LogP contribution in [0.1, 0.15) is 22.1 Å². The van der Waals surface area contributed by atoms with Crippen LogP contribution in [0, 0.1) is 0 Å². The van der Waals surface area contributed by atoms with E-state index < -0.39 is 17.1 Å². The maximum atomic E-state index is 12.9. The van der Waals surface area contributed by atoms with Gasteiger partial charge >= 0.3 is 6.18 Å². The third-order valence-corrected chi connectivity index (χ3v) is 4.35. The van der Waals surface area contributed by atoms with Crippen molar-refractivity contribution in [3.63, 3.8) is 0 Å². The van der Waals surface area contributed by atoms with Crippen molar-refractivity contribution >= 4 is 39.1 Å². The summed E-state index contributed by atoms with van der Waals surface area (Å²) in [5.41, 5.74) is 0.384. The molecule has 0 bridgehead atoms. The van der Waals surface area contributed by atoms with E-state index in [0.717, 1.165) is 11.6 Å². The van der Waals surface area contributed by atoms with E-state index in [-0.39, 0.29) is 4.47 Å². The van der Waals surface area contributed by atoms with Crippen molar-refractivity contribution in [3.05, 3.63) is 62.8 Å². The molecule has 1 aromatic heterocycles. The highest BCUT2D eigenvalue weighted by Gasteiger charge is 2.33. The van der Waals surface area contributed by atoms with Gasteiger partial charge in [-0.1, -0.05) is 33.6 Å². The maximum absolute atomic E-state index is 12.9. The van der Waals surface area contributed by atoms with Crippen molar-refractivity contribution in [1.29, 1.82) is 0 Å². The van der Waals surface area contributed by atoms with Gasteiger partial charge in [-0.2, -0.15) is 13.2 Å². The summed E-state index contributed by atoms with van der Waals surface area (Å²) in [4.78, 5) is 3.85. The van der Waals surface area contributed by atoms with Gasteiger partial charge in [-0.05, 0) is 35.7 Å². The molecule has 1 atom stereocenters. The zero-order chi connectivity index (χ0) is 15.6. The van der Waals surface area contributed by atoms with E-state index in [0.29, 0.717) is 17.0 Å². The highest BCUT2D eigenvalue weighted by Crippen LogP contribution is 2.38. The number of hydrogen-bond donors (Lipinski definition) is 0. The SMILES string of the molecule is FC(F)(F)c1cc(C(Cl)Cc2ccncc2Cl)ccc1Br. The molecule has 1 nitrogen and oxygen atoms in total. The monoisotopic (exact) mass is 397 g/mol. The normalized spacial score (nSPS) is 13.2. The van der Waals surface area contributed by atoms with Crippen LogP contribution in [0.25, 0.3) is 0 Å². The number of alkyl halides is 4. The van der Waals surface area contributed by atoms with E-state index in [4.69, 9.17) is 23.2 Å². The highest BCUT2D eigenvalue weighted by atomic mass is 79.9. The molecule has 7 heteroatoms. The minimum Gasteiger partial charge on any atom is -0.263 e. The van der Waals surface area contributed by atoms with E-state index in [2.05, 4.69) is 20.9 Å². The second-order valence-electron chi connectivity index (χ2n) is 4.38. The van der Waals surface area contributed by atoms with Crippen LogP contribution >= 0.6 is 39.1 Å². The molecule has 0 N–H and O–H groups in total. The third-order valence-electron chi connectivity index (χ3n) is 2.91. The summed E-state index contributed by atoms with van der Waals surface area (Å²) in [6.07, 6.45) is -1.07. The van der Waals surface area contributed by atoms with Crippen molar-refractivity contribution in [3.8, 4) is 0 Å². The Kier molecular flexibility index (Phi) is 5.17. The van der Waals surface area contributed by atoms with Crippen molar-refractivity contribution in [2.75, 3.05) is 0 Å². The predicted molar refractivity (Wildman–Crippen MR) is 80.7 cm³/mol. The Morgan fingerprint density at radius 1 is 1.24 bits per heavy atom. The Balaban J connectivity index is 2.28. The van der Waals surface area contributed by atoms with E-state index in [1.54, 1.807) is 18.3 Å². The first kappa shape index (κ1) is 16.6. The van der Waals surface area contributed by atoms with Gasteiger partial charge in [0, 0.05) is 16.9 Å². The van der Waals surface area contributed by atoms with Crippen LogP contribution in [0.2, 0.25) is 5.02 Å². The van der Waals surface area contributed by atoms with Gasteiger partial charge in [0.05, 0.1) is 16.0 Å². The summed E-state index contributed by atoms with van der Waals surface area (Å²) in [6.45, 7) is 0. The molecule has 1 aromatic carbocycles. The highest BCUT2D eigenvalue weighted by molar-refractivity contribution is 9.10. The lowest BCUT2D eigenvalue weighted by atomic mass is 10.0. The van der Waals surface area contributed by atoms with Gasteiger partial charge in [-0.15, -0.1) is 11.6 Å². The smallest absolute Gasteiger partial charge is 0.263 e. The molecule has 0 spiro atoms. The van der Waals surface area contributed by atoms with Crippen molar-refractivity contribution in [2.45, 2.75) is 18.0 Å². The van der Waals surface area contributed by atoms with Gasteiger partial charge in [0.15, 0.2) is 0 Å². The summed E-state index contributed by atoms with van der Waals surface area (Å²) in [5.74, 6) is 0. The molecule has 0 saturated heterocycles. The molecule has 2 rings (SSSR count). The average Bonchev–Trinajstić information content (AvgIpc) is 2.40. The van der Waals surface area contributed by atoms with Gasteiger partial charge in [0.25, 0.3) is 0 Å². The van der Waals surface area contributed by atoms with E-state index in [1.807, 2.05) is 0 Å². The molecule has 21 heavy (non-hydrogen) atoms. The van der Waals surface area contributed by atoms with Gasteiger partial charge < -0.3 is 0 Å². The Bertz CT molecular complexity index is 646. The van der Waals surface area contributed by atoms with Crippen molar-refractivity contribution in [2.24, 2.45) is 0 Å². The quantitative estimate of drug-likeness (QED) is 0.574. The minimum absolute atomic E-state index is 0.00967. The number of rotatable bonds is 3. The fourth-order valence-electron chi connectivity index (χ4n) is 1.84. The van der Waals surface area contributed by atoms with Gasteiger partial charge in [0.2, 0.25) is 0 Å². The van der Waals surface area contributed by atoms with Crippen LogP contribution in [0.15, 0.2) is 41.1 Å². The van der Waals surface area contributed by atoms with Gasteiger partial charge in [-0.25, -0.2) is 0 Å². The maximum Gasteiger partial charge on any atom is 0.417 e. The number of aromatic nitrogens is 1. The molecule has 112 valence electrons. The third kappa shape index (κ3) is 4.11. The second-order valence-corrected chi connectivity index (χ2v) is 6.16. The van der Waals surface area contributed by atoms with Crippen molar-refractivity contribution < 1.29 is 13.2 Å². The van der Waals surface area contributed by atoms with Crippen LogP contribution in [-0.2, 0) is 12.6 Å². The zero-order valence-electron chi connectivity index (χ0n) is 10.5. The number of benzene rings is 1. The fraction of sp³-hybridized carbons (Fsp3) is 0.214. The van der Waals surface area contributed by atoms with E-state index in [1.165, 1.54) is 12.3 Å². The number of hydrogen-bond acceptors (Lipinski definition) is 1. The average molecular weight is 399 g/mol. The van der Waals surface area contributed by atoms with Crippen LogP contribution in [0.4, 0.5) is 13.2 Å². The molecule has 0 radical (unpaired) electrons. The van der Waals surface area contributed by atoms with Crippen molar-refractivity contribution in [1.82, 2.24) is 4.98 Å². The summed E-state index contributed by atoms with van der Waals surface area (Å²) in [6, 6.07) is 5.66. The first-order valence-corrected chi connectivity index (χ1v) is 7.49. The van der Waals surface area contributed by atoms with Crippen LogP contribution in [0.3, 0.4) is 0 Å². The predicted octanol–water partition coefficient (Wildman–Crippen LogP) is 6.04. The molecule has 0 aliphatic rings. The number of nitrogens with zero attached hydrogens (tertiary/aromatic N) is 1. The first-order valence-electron chi connectivity index (χ1n) is 5.88. The number of halogens is 6. The Labute approximate surface area is 138 Å². The van der Waals surface area contributed by atoms with Crippen LogP contribution in [-0.4, -0.2) is 4.98 Å². The molecule has 2 aromatic rings.